The Hall–Kier alpha value is -2.98. The van der Waals surface area contributed by atoms with Crippen LogP contribution in [0.5, 0.6) is 0 Å². The first kappa shape index (κ1) is 25.1. The van der Waals surface area contributed by atoms with Gasteiger partial charge in [-0.25, -0.2) is 19.2 Å². The van der Waals surface area contributed by atoms with Crippen molar-refractivity contribution in [2.75, 3.05) is 31.6 Å². The largest absolute Gasteiger partial charge is 0.465 e. The van der Waals surface area contributed by atoms with Crippen LogP contribution >= 0.6 is 11.6 Å². The predicted molar refractivity (Wildman–Crippen MR) is 128 cm³/mol. The third kappa shape index (κ3) is 5.18. The quantitative estimate of drug-likeness (QED) is 0.619. The number of carbonyl (C=O) groups is 2. The molecule has 9 nitrogen and oxygen atoms in total. The second kappa shape index (κ2) is 10.3. The van der Waals surface area contributed by atoms with E-state index in [1.54, 1.807) is 24.4 Å². The molecular weight excluding hydrogens is 477 g/mol. The number of hydrogen-bond donors (Lipinski definition) is 2. The van der Waals surface area contributed by atoms with E-state index >= 15 is 0 Å². The molecule has 2 heterocycles. The van der Waals surface area contributed by atoms with Crippen molar-refractivity contribution in [2.45, 2.75) is 50.8 Å². The smallest absolute Gasteiger partial charge is 0.405 e. The van der Waals surface area contributed by atoms with E-state index in [1.807, 2.05) is 6.92 Å². The summed E-state index contributed by atoms with van der Waals surface area (Å²) in [4.78, 5) is 37.6. The molecule has 0 radical (unpaired) electrons. The van der Waals surface area contributed by atoms with Gasteiger partial charge in [-0.05, 0) is 37.0 Å². The lowest BCUT2D eigenvalue weighted by Crippen LogP contribution is -2.58. The first-order chi connectivity index (χ1) is 16.7. The fourth-order valence-electron chi connectivity index (χ4n) is 5.06. The van der Waals surface area contributed by atoms with E-state index in [1.165, 1.54) is 12.1 Å². The number of halogens is 2. The molecule has 2 N–H and O–H groups in total. The number of piperazine rings is 1. The van der Waals surface area contributed by atoms with E-state index in [-0.39, 0.29) is 35.4 Å². The molecule has 1 aliphatic heterocycles. The van der Waals surface area contributed by atoms with Gasteiger partial charge in [0.25, 0.3) is 0 Å². The zero-order valence-corrected chi connectivity index (χ0v) is 20.6. The van der Waals surface area contributed by atoms with Crippen LogP contribution in [0.4, 0.5) is 15.0 Å². The van der Waals surface area contributed by atoms with Gasteiger partial charge >= 0.3 is 6.09 Å². The summed E-state index contributed by atoms with van der Waals surface area (Å²) < 4.78 is 19.5. The molecule has 2 aromatic rings. The second-order valence-corrected chi connectivity index (χ2v) is 9.55. The minimum Gasteiger partial charge on any atom is -0.465 e. The van der Waals surface area contributed by atoms with Crippen LogP contribution in [-0.4, -0.2) is 70.8 Å². The average molecular weight is 506 g/mol. The minimum absolute atomic E-state index is 0.0170. The Labute approximate surface area is 208 Å². The fourth-order valence-corrected chi connectivity index (χ4v) is 5.18. The zero-order valence-electron chi connectivity index (χ0n) is 19.9. The Bertz CT molecular complexity index is 1120. The molecule has 1 saturated heterocycles. The first-order valence-corrected chi connectivity index (χ1v) is 11.9. The number of methoxy groups -OCH3 is 1. The Morgan fingerprint density at radius 2 is 2.09 bits per heavy atom. The number of aromatic nitrogens is 2. The normalized spacial score (nSPS) is 22.6. The van der Waals surface area contributed by atoms with Gasteiger partial charge in [-0.1, -0.05) is 24.6 Å². The molecule has 2 aliphatic rings. The van der Waals surface area contributed by atoms with Gasteiger partial charge in [-0.15, -0.1) is 0 Å². The molecule has 11 heteroatoms. The monoisotopic (exact) mass is 505 g/mol. The predicted octanol–water partition coefficient (Wildman–Crippen LogP) is 3.38. The van der Waals surface area contributed by atoms with E-state index < -0.39 is 18.0 Å². The van der Waals surface area contributed by atoms with E-state index in [0.29, 0.717) is 25.2 Å². The highest BCUT2D eigenvalue weighted by molar-refractivity contribution is 6.30. The van der Waals surface area contributed by atoms with Crippen LogP contribution in [0.3, 0.4) is 0 Å². The van der Waals surface area contributed by atoms with Gasteiger partial charge < -0.3 is 25.0 Å². The standard InChI is InChI=1S/C24H29ClFN5O4/c1-13-8-19(35-3)21-20(13)22(28-12-27-21)31-7-6-30(11-14(31)2)23(32)18(29-24(33)34)10-15-4-5-16(25)17(26)9-15/h4-5,9,12-14,18-19,29H,6-8,10-11H2,1-3H3,(H,33,34)/t13-,14+,18-,19-/m1/s1. The number of rotatable bonds is 6. The van der Waals surface area contributed by atoms with Crippen molar-refractivity contribution in [3.05, 3.63) is 52.2 Å². The maximum Gasteiger partial charge on any atom is 0.405 e. The summed E-state index contributed by atoms with van der Waals surface area (Å²) in [7, 11) is 1.68. The molecule has 1 aromatic carbocycles. The number of carboxylic acid groups (broad SMARTS) is 1. The first-order valence-electron chi connectivity index (χ1n) is 11.6. The number of hydrogen-bond acceptors (Lipinski definition) is 6. The van der Waals surface area contributed by atoms with Gasteiger partial charge in [0.1, 0.15) is 30.1 Å². The van der Waals surface area contributed by atoms with Crippen LogP contribution in [0.15, 0.2) is 24.5 Å². The molecule has 4 atom stereocenters. The van der Waals surface area contributed by atoms with Crippen LogP contribution in [-0.2, 0) is 16.0 Å². The highest BCUT2D eigenvalue weighted by Crippen LogP contribution is 2.44. The van der Waals surface area contributed by atoms with Gasteiger partial charge in [0.2, 0.25) is 5.91 Å². The van der Waals surface area contributed by atoms with Crippen LogP contribution in [0, 0.1) is 5.82 Å². The van der Waals surface area contributed by atoms with Gasteiger partial charge in [0, 0.05) is 44.8 Å². The number of anilines is 1. The van der Waals surface area contributed by atoms with Crippen LogP contribution in [0.2, 0.25) is 5.02 Å². The molecule has 0 saturated carbocycles. The molecular formula is C24H29ClFN5O4. The molecule has 0 spiro atoms. The fraction of sp³-hybridized carbons (Fsp3) is 0.500. The van der Waals surface area contributed by atoms with Crippen molar-refractivity contribution in [1.82, 2.24) is 20.2 Å². The molecule has 0 unspecified atom stereocenters. The molecule has 2 amide bonds. The van der Waals surface area contributed by atoms with Crippen molar-refractivity contribution < 1.29 is 23.8 Å². The number of benzene rings is 1. The Balaban J connectivity index is 1.50. The summed E-state index contributed by atoms with van der Waals surface area (Å²) >= 11 is 5.75. The summed E-state index contributed by atoms with van der Waals surface area (Å²) in [6.07, 6.45) is 1.05. The molecule has 4 rings (SSSR count). The number of amides is 2. The maximum absolute atomic E-state index is 13.9. The highest BCUT2D eigenvalue weighted by Gasteiger charge is 2.37. The lowest BCUT2D eigenvalue weighted by Gasteiger charge is -2.42. The number of fused-ring (bicyclic) bond motifs is 1. The topological polar surface area (TPSA) is 108 Å². The van der Waals surface area contributed by atoms with Crippen molar-refractivity contribution in [3.63, 3.8) is 0 Å². The Morgan fingerprint density at radius 1 is 1.31 bits per heavy atom. The number of nitrogens with one attached hydrogen (secondary N) is 1. The maximum atomic E-state index is 13.9. The van der Waals surface area contributed by atoms with Crippen molar-refractivity contribution in [2.24, 2.45) is 0 Å². The summed E-state index contributed by atoms with van der Waals surface area (Å²) in [6, 6.07) is 3.10. The molecule has 1 aromatic heterocycles. The molecule has 0 bridgehead atoms. The van der Waals surface area contributed by atoms with Gasteiger partial charge in [0.15, 0.2) is 0 Å². The lowest BCUT2D eigenvalue weighted by molar-refractivity contribution is -0.134. The number of nitrogens with zero attached hydrogens (tertiary/aromatic N) is 4. The molecule has 188 valence electrons. The van der Waals surface area contributed by atoms with E-state index in [0.717, 1.165) is 23.5 Å². The van der Waals surface area contributed by atoms with Gasteiger partial charge in [-0.2, -0.15) is 0 Å². The van der Waals surface area contributed by atoms with Crippen LogP contribution in [0.1, 0.15) is 49.1 Å². The van der Waals surface area contributed by atoms with Gasteiger partial charge in [0.05, 0.1) is 10.7 Å². The Morgan fingerprint density at radius 3 is 2.74 bits per heavy atom. The summed E-state index contributed by atoms with van der Waals surface area (Å²) in [5.74, 6) is 0.144. The third-order valence-corrected chi connectivity index (χ3v) is 7.08. The highest BCUT2D eigenvalue weighted by atomic mass is 35.5. The second-order valence-electron chi connectivity index (χ2n) is 9.14. The van der Waals surface area contributed by atoms with Crippen molar-refractivity contribution >= 4 is 29.4 Å². The molecule has 1 fully saturated rings. The van der Waals surface area contributed by atoms with E-state index in [4.69, 9.17) is 16.3 Å². The average Bonchev–Trinajstić information content (AvgIpc) is 3.16. The third-order valence-electron chi connectivity index (χ3n) is 6.77. The molecule has 1 aliphatic carbocycles. The number of carbonyl (C=O) groups excluding carboxylic acids is 1. The lowest BCUT2D eigenvalue weighted by atomic mass is 10.0. The Kier molecular flexibility index (Phi) is 7.42. The summed E-state index contributed by atoms with van der Waals surface area (Å²) in [5, 5.41) is 11.6. The minimum atomic E-state index is -1.32. The van der Waals surface area contributed by atoms with Gasteiger partial charge in [-0.3, -0.25) is 4.79 Å². The number of ether oxygens (including phenoxy) is 1. The SMILES string of the molecule is CO[C@@H]1C[C@@H](C)c2c1ncnc2N1CCN(C(=O)[C@@H](Cc2ccc(Cl)c(F)c2)NC(=O)O)C[C@@H]1C. The van der Waals surface area contributed by atoms with Crippen LogP contribution in [0.25, 0.3) is 0 Å². The van der Waals surface area contributed by atoms with Crippen molar-refractivity contribution in [1.29, 1.82) is 0 Å². The molecule has 35 heavy (non-hydrogen) atoms. The van der Waals surface area contributed by atoms with E-state index in [2.05, 4.69) is 27.1 Å². The van der Waals surface area contributed by atoms with E-state index in [9.17, 15) is 19.1 Å². The summed E-state index contributed by atoms with van der Waals surface area (Å²) in [6.45, 7) is 5.48. The zero-order chi connectivity index (χ0) is 25.3. The summed E-state index contributed by atoms with van der Waals surface area (Å²) in [5.41, 5.74) is 2.47. The van der Waals surface area contributed by atoms with Crippen molar-refractivity contribution in [3.8, 4) is 0 Å². The van der Waals surface area contributed by atoms with Crippen LogP contribution < -0.4 is 10.2 Å².